The fourth-order valence-electron chi connectivity index (χ4n) is 2.20. The number of amides is 2. The molecule has 1 atom stereocenters. The lowest BCUT2D eigenvalue weighted by molar-refractivity contribution is 0.237. The Morgan fingerprint density at radius 3 is 2.95 bits per heavy atom. The summed E-state index contributed by atoms with van der Waals surface area (Å²) in [5.41, 5.74) is 1.99. The normalized spacial score (nSPS) is 12.3. The van der Waals surface area contributed by atoms with Gasteiger partial charge < -0.3 is 15.6 Å². The molecular formula is C15H22N4O. The zero-order chi connectivity index (χ0) is 14.4. The highest BCUT2D eigenvalue weighted by Gasteiger charge is 2.06. The molecule has 2 aromatic rings. The van der Waals surface area contributed by atoms with Gasteiger partial charge in [-0.25, -0.2) is 9.78 Å². The van der Waals surface area contributed by atoms with E-state index in [0.717, 1.165) is 29.7 Å². The highest BCUT2D eigenvalue weighted by Crippen LogP contribution is 2.10. The van der Waals surface area contributed by atoms with Crippen LogP contribution in [0.3, 0.4) is 0 Å². The van der Waals surface area contributed by atoms with Crippen molar-refractivity contribution < 1.29 is 4.79 Å². The van der Waals surface area contributed by atoms with Crippen molar-refractivity contribution >= 4 is 17.1 Å². The second-order valence-electron chi connectivity index (χ2n) is 5.04. The molecule has 0 spiro atoms. The summed E-state index contributed by atoms with van der Waals surface area (Å²) in [6, 6.07) is 8.02. The van der Waals surface area contributed by atoms with Gasteiger partial charge in [0.2, 0.25) is 0 Å². The maximum absolute atomic E-state index is 11.6. The van der Waals surface area contributed by atoms with Gasteiger partial charge in [0.05, 0.1) is 11.0 Å². The topological polar surface area (TPSA) is 69.8 Å². The molecule has 0 bridgehead atoms. The Kier molecular flexibility index (Phi) is 4.98. The van der Waals surface area contributed by atoms with Gasteiger partial charge >= 0.3 is 6.03 Å². The molecule has 0 saturated heterocycles. The van der Waals surface area contributed by atoms with Crippen LogP contribution in [0.4, 0.5) is 4.79 Å². The molecule has 20 heavy (non-hydrogen) atoms. The number of rotatable bonds is 6. The van der Waals surface area contributed by atoms with Crippen LogP contribution in [0, 0.1) is 0 Å². The predicted molar refractivity (Wildman–Crippen MR) is 80.7 cm³/mol. The van der Waals surface area contributed by atoms with E-state index in [4.69, 9.17) is 0 Å². The predicted octanol–water partition coefficient (Wildman–Crippen LogP) is 2.59. The number of nitrogens with zero attached hydrogens (tertiary/aromatic N) is 1. The fourth-order valence-corrected chi connectivity index (χ4v) is 2.20. The van der Waals surface area contributed by atoms with Crippen LogP contribution in [0.15, 0.2) is 24.3 Å². The van der Waals surface area contributed by atoms with Crippen LogP contribution in [0.1, 0.15) is 32.5 Å². The van der Waals surface area contributed by atoms with E-state index in [1.54, 1.807) is 0 Å². The highest BCUT2D eigenvalue weighted by molar-refractivity contribution is 5.75. The monoisotopic (exact) mass is 274 g/mol. The SMILES string of the molecule is CCC[C@H](C)NC(=O)NCCc1nc2ccccc2[nH]1. The smallest absolute Gasteiger partial charge is 0.315 e. The summed E-state index contributed by atoms with van der Waals surface area (Å²) < 4.78 is 0. The number of imidazole rings is 1. The number of hydrogen-bond acceptors (Lipinski definition) is 2. The largest absolute Gasteiger partial charge is 0.342 e. The average molecular weight is 274 g/mol. The van der Waals surface area contributed by atoms with E-state index in [-0.39, 0.29) is 12.1 Å². The summed E-state index contributed by atoms with van der Waals surface area (Å²) in [6.07, 6.45) is 2.77. The average Bonchev–Trinajstić information content (AvgIpc) is 2.81. The summed E-state index contributed by atoms with van der Waals surface area (Å²) in [4.78, 5) is 19.4. The summed E-state index contributed by atoms with van der Waals surface area (Å²) >= 11 is 0. The number of para-hydroxylation sites is 2. The minimum Gasteiger partial charge on any atom is -0.342 e. The zero-order valence-corrected chi connectivity index (χ0v) is 12.1. The van der Waals surface area contributed by atoms with E-state index in [0.29, 0.717) is 13.0 Å². The first-order valence-electron chi connectivity index (χ1n) is 7.17. The molecule has 2 rings (SSSR count). The molecule has 0 aliphatic rings. The van der Waals surface area contributed by atoms with Gasteiger partial charge in [-0.2, -0.15) is 0 Å². The Balaban J connectivity index is 1.76. The van der Waals surface area contributed by atoms with Crippen LogP contribution < -0.4 is 10.6 Å². The number of nitrogens with one attached hydrogen (secondary N) is 3. The number of urea groups is 1. The first-order valence-corrected chi connectivity index (χ1v) is 7.17. The van der Waals surface area contributed by atoms with Gasteiger partial charge in [0.1, 0.15) is 5.82 Å². The van der Waals surface area contributed by atoms with Gasteiger partial charge in [0, 0.05) is 19.0 Å². The molecule has 5 heteroatoms. The van der Waals surface area contributed by atoms with Crippen LogP contribution in [0.2, 0.25) is 0 Å². The van der Waals surface area contributed by atoms with Crippen LogP contribution in [0.25, 0.3) is 11.0 Å². The Bertz CT molecular complexity index is 531. The lowest BCUT2D eigenvalue weighted by atomic mass is 10.2. The number of carbonyl (C=O) groups excluding carboxylic acids is 1. The Hall–Kier alpha value is -2.04. The fraction of sp³-hybridized carbons (Fsp3) is 0.467. The molecule has 1 aromatic heterocycles. The van der Waals surface area contributed by atoms with Crippen molar-refractivity contribution in [3.8, 4) is 0 Å². The summed E-state index contributed by atoms with van der Waals surface area (Å²) in [5.74, 6) is 0.896. The Morgan fingerprint density at radius 2 is 2.20 bits per heavy atom. The first-order chi connectivity index (χ1) is 9.69. The van der Waals surface area contributed by atoms with Crippen LogP contribution in [-0.2, 0) is 6.42 Å². The Labute approximate surface area is 119 Å². The van der Waals surface area contributed by atoms with Crippen molar-refractivity contribution in [2.45, 2.75) is 39.2 Å². The van der Waals surface area contributed by atoms with E-state index < -0.39 is 0 Å². The number of H-pyrrole nitrogens is 1. The van der Waals surface area contributed by atoms with Crippen molar-refractivity contribution in [3.05, 3.63) is 30.1 Å². The minimum atomic E-state index is -0.109. The highest BCUT2D eigenvalue weighted by atomic mass is 16.2. The number of fused-ring (bicyclic) bond motifs is 1. The molecular weight excluding hydrogens is 252 g/mol. The van der Waals surface area contributed by atoms with Crippen LogP contribution in [0.5, 0.6) is 0 Å². The lowest BCUT2D eigenvalue weighted by Crippen LogP contribution is -2.41. The summed E-state index contributed by atoms with van der Waals surface area (Å²) in [6.45, 7) is 4.70. The van der Waals surface area contributed by atoms with Crippen molar-refractivity contribution in [1.29, 1.82) is 0 Å². The van der Waals surface area contributed by atoms with E-state index in [1.807, 2.05) is 31.2 Å². The molecule has 2 amide bonds. The van der Waals surface area contributed by atoms with Crippen molar-refractivity contribution in [1.82, 2.24) is 20.6 Å². The van der Waals surface area contributed by atoms with Crippen molar-refractivity contribution in [3.63, 3.8) is 0 Å². The second kappa shape index (κ2) is 6.93. The zero-order valence-electron chi connectivity index (χ0n) is 12.1. The van der Waals surface area contributed by atoms with Gasteiger partial charge in [-0.1, -0.05) is 25.5 Å². The number of hydrogen-bond donors (Lipinski definition) is 3. The van der Waals surface area contributed by atoms with E-state index in [2.05, 4.69) is 27.5 Å². The maximum Gasteiger partial charge on any atom is 0.315 e. The molecule has 108 valence electrons. The van der Waals surface area contributed by atoms with Gasteiger partial charge in [-0.05, 0) is 25.5 Å². The van der Waals surface area contributed by atoms with Gasteiger partial charge in [0.25, 0.3) is 0 Å². The standard InChI is InChI=1S/C15H22N4O/c1-3-6-11(2)17-15(20)16-10-9-14-18-12-7-4-5-8-13(12)19-14/h4-5,7-8,11H,3,6,9-10H2,1-2H3,(H,18,19)(H2,16,17,20)/t11-/m0/s1. The second-order valence-corrected chi connectivity index (χ2v) is 5.04. The Morgan fingerprint density at radius 1 is 1.40 bits per heavy atom. The third kappa shape index (κ3) is 3.98. The van der Waals surface area contributed by atoms with Crippen LogP contribution >= 0.6 is 0 Å². The molecule has 0 fully saturated rings. The maximum atomic E-state index is 11.6. The van der Waals surface area contributed by atoms with Gasteiger partial charge in [-0.15, -0.1) is 0 Å². The molecule has 0 saturated carbocycles. The third-order valence-corrected chi connectivity index (χ3v) is 3.18. The number of aromatic nitrogens is 2. The quantitative estimate of drug-likeness (QED) is 0.757. The minimum absolute atomic E-state index is 0.109. The number of carbonyl (C=O) groups is 1. The summed E-state index contributed by atoms with van der Waals surface area (Å²) in [7, 11) is 0. The molecule has 5 nitrogen and oxygen atoms in total. The van der Waals surface area contributed by atoms with Gasteiger partial charge in [-0.3, -0.25) is 0 Å². The van der Waals surface area contributed by atoms with Crippen LogP contribution in [-0.4, -0.2) is 28.6 Å². The number of aromatic amines is 1. The lowest BCUT2D eigenvalue weighted by Gasteiger charge is -2.13. The molecule has 0 aliphatic heterocycles. The molecule has 0 unspecified atom stereocenters. The molecule has 0 radical (unpaired) electrons. The van der Waals surface area contributed by atoms with Crippen molar-refractivity contribution in [2.24, 2.45) is 0 Å². The van der Waals surface area contributed by atoms with Crippen molar-refractivity contribution in [2.75, 3.05) is 6.54 Å². The molecule has 1 heterocycles. The van der Waals surface area contributed by atoms with E-state index in [9.17, 15) is 4.79 Å². The summed E-state index contributed by atoms with van der Waals surface area (Å²) in [5, 5.41) is 5.77. The van der Waals surface area contributed by atoms with E-state index >= 15 is 0 Å². The van der Waals surface area contributed by atoms with Gasteiger partial charge in [0.15, 0.2) is 0 Å². The number of benzene rings is 1. The molecule has 3 N–H and O–H groups in total. The first kappa shape index (κ1) is 14.4. The third-order valence-electron chi connectivity index (χ3n) is 3.18. The molecule has 0 aliphatic carbocycles. The van der Waals surface area contributed by atoms with E-state index in [1.165, 1.54) is 0 Å². The molecule has 1 aromatic carbocycles.